The maximum atomic E-state index is 2.41. The van der Waals surface area contributed by atoms with Crippen LogP contribution in [0.25, 0.3) is 12.2 Å². The van der Waals surface area contributed by atoms with Gasteiger partial charge in [0.05, 0.1) is 0 Å². The number of hydrogen-bond acceptors (Lipinski definition) is 0. The van der Waals surface area contributed by atoms with Crippen molar-refractivity contribution in [1.29, 1.82) is 0 Å². The zero-order valence-corrected chi connectivity index (χ0v) is 9.60. The molecule has 0 nitrogen and oxygen atoms in total. The maximum absolute atomic E-state index is 2.41. The summed E-state index contributed by atoms with van der Waals surface area (Å²) >= 11 is 0. The van der Waals surface area contributed by atoms with E-state index in [-0.39, 0.29) is 0 Å². The third kappa shape index (κ3) is 2.11. The summed E-state index contributed by atoms with van der Waals surface area (Å²) in [7, 11) is 0. The second kappa shape index (κ2) is 4.29. The molecule has 0 aliphatic heterocycles. The van der Waals surface area contributed by atoms with Gasteiger partial charge in [-0.2, -0.15) is 0 Å². The van der Waals surface area contributed by atoms with Crippen molar-refractivity contribution in [3.05, 3.63) is 47.5 Å². The van der Waals surface area contributed by atoms with Gasteiger partial charge in [0.15, 0.2) is 0 Å². The highest BCUT2D eigenvalue weighted by Gasteiger charge is 2.17. The van der Waals surface area contributed by atoms with Crippen LogP contribution in [-0.2, 0) is 0 Å². The van der Waals surface area contributed by atoms with Crippen LogP contribution in [0.15, 0.2) is 36.4 Å². The molecule has 0 heterocycles. The van der Waals surface area contributed by atoms with Gasteiger partial charge in [-0.3, -0.25) is 0 Å². The zero-order chi connectivity index (χ0) is 10.8. The fourth-order valence-corrected chi connectivity index (χ4v) is 2.74. The Balaban J connectivity index is 1.98. The summed E-state index contributed by atoms with van der Waals surface area (Å²) in [6.07, 6.45) is 14.9. The Labute approximate surface area is 97.7 Å². The molecular formula is C16H18. The van der Waals surface area contributed by atoms with Crippen LogP contribution in [0.5, 0.6) is 0 Å². The summed E-state index contributed by atoms with van der Waals surface area (Å²) in [6, 6.07) is 8.85. The first kappa shape index (κ1) is 9.89. The average molecular weight is 210 g/mol. The van der Waals surface area contributed by atoms with Crippen LogP contribution >= 0.6 is 0 Å². The lowest BCUT2D eigenvalue weighted by molar-refractivity contribution is 0.358. The molecule has 0 unspecified atom stereocenters. The molecule has 0 amide bonds. The second-order valence-corrected chi connectivity index (χ2v) is 5.06. The highest BCUT2D eigenvalue weighted by Crippen LogP contribution is 2.31. The van der Waals surface area contributed by atoms with E-state index in [0.29, 0.717) is 0 Å². The monoisotopic (exact) mass is 210 g/mol. The van der Waals surface area contributed by atoms with Gasteiger partial charge in [0.25, 0.3) is 0 Å². The van der Waals surface area contributed by atoms with Gasteiger partial charge in [0.2, 0.25) is 0 Å². The van der Waals surface area contributed by atoms with Gasteiger partial charge in [-0.1, -0.05) is 48.6 Å². The summed E-state index contributed by atoms with van der Waals surface area (Å²) in [4.78, 5) is 0. The van der Waals surface area contributed by atoms with Crippen LogP contribution in [0.3, 0.4) is 0 Å². The maximum Gasteiger partial charge on any atom is -0.0230 e. The van der Waals surface area contributed by atoms with Crippen LogP contribution in [0, 0.1) is 11.8 Å². The lowest BCUT2D eigenvalue weighted by atomic mass is 9.81. The van der Waals surface area contributed by atoms with Crippen LogP contribution in [0.4, 0.5) is 0 Å². The fraction of sp³-hybridized carbons (Fsp3) is 0.375. The van der Waals surface area contributed by atoms with E-state index in [0.717, 1.165) is 11.8 Å². The summed E-state index contributed by atoms with van der Waals surface area (Å²) < 4.78 is 0. The molecule has 82 valence electrons. The van der Waals surface area contributed by atoms with Crippen molar-refractivity contribution in [2.45, 2.75) is 25.7 Å². The Kier molecular flexibility index (Phi) is 2.65. The molecule has 5 aliphatic rings. The number of benzene rings is 1. The molecule has 1 fully saturated rings. The van der Waals surface area contributed by atoms with E-state index < -0.39 is 0 Å². The van der Waals surface area contributed by atoms with Crippen molar-refractivity contribution in [2.24, 2.45) is 11.8 Å². The first-order chi connectivity index (χ1) is 7.90. The lowest BCUT2D eigenvalue weighted by Gasteiger charge is -2.24. The molecule has 1 aromatic carbocycles. The Hall–Kier alpha value is -1.30. The van der Waals surface area contributed by atoms with E-state index in [1.165, 1.54) is 36.8 Å². The van der Waals surface area contributed by atoms with Crippen molar-refractivity contribution >= 4 is 12.2 Å². The zero-order valence-electron chi connectivity index (χ0n) is 9.60. The van der Waals surface area contributed by atoms with Crippen LogP contribution in [0.2, 0.25) is 0 Å². The van der Waals surface area contributed by atoms with E-state index in [2.05, 4.69) is 48.6 Å². The lowest BCUT2D eigenvalue weighted by Crippen LogP contribution is -2.11. The van der Waals surface area contributed by atoms with Gasteiger partial charge in [0, 0.05) is 0 Å². The third-order valence-corrected chi connectivity index (χ3v) is 3.87. The Bertz CT molecular complexity index is 359. The number of allylic oxidation sites excluding steroid dienone is 2. The minimum atomic E-state index is 0.809. The molecule has 6 rings (SSSR count). The molecule has 0 radical (unpaired) electrons. The van der Waals surface area contributed by atoms with Crippen LogP contribution in [0.1, 0.15) is 36.8 Å². The van der Waals surface area contributed by atoms with Gasteiger partial charge in [0.1, 0.15) is 0 Å². The Morgan fingerprint density at radius 3 is 1.38 bits per heavy atom. The largest absolute Gasteiger partial charge is 0.0808 e. The molecule has 0 aromatic heterocycles. The van der Waals surface area contributed by atoms with E-state index in [1.807, 2.05) is 0 Å². The predicted octanol–water partition coefficient (Wildman–Crippen LogP) is 4.53. The Morgan fingerprint density at radius 1 is 0.625 bits per heavy atom. The van der Waals surface area contributed by atoms with Crippen LogP contribution < -0.4 is 0 Å². The summed E-state index contributed by atoms with van der Waals surface area (Å²) in [5.41, 5.74) is 2.67. The van der Waals surface area contributed by atoms with Crippen molar-refractivity contribution in [2.75, 3.05) is 0 Å². The van der Waals surface area contributed by atoms with Gasteiger partial charge < -0.3 is 0 Å². The molecule has 0 spiro atoms. The van der Waals surface area contributed by atoms with Crippen molar-refractivity contribution in [3.8, 4) is 0 Å². The summed E-state index contributed by atoms with van der Waals surface area (Å²) in [5, 5.41) is 0. The first-order valence-corrected chi connectivity index (χ1v) is 6.37. The van der Waals surface area contributed by atoms with Crippen molar-refractivity contribution < 1.29 is 0 Å². The van der Waals surface area contributed by atoms with Gasteiger partial charge >= 0.3 is 0 Å². The summed E-state index contributed by atoms with van der Waals surface area (Å²) in [5.74, 6) is 1.62. The van der Waals surface area contributed by atoms with Crippen LogP contribution in [-0.4, -0.2) is 0 Å². The van der Waals surface area contributed by atoms with Gasteiger partial charge in [-0.15, -0.1) is 0 Å². The summed E-state index contributed by atoms with van der Waals surface area (Å²) in [6.45, 7) is 0. The quantitative estimate of drug-likeness (QED) is 0.590. The fourth-order valence-electron chi connectivity index (χ4n) is 2.74. The highest BCUT2D eigenvalue weighted by atomic mass is 14.2. The molecule has 0 atom stereocenters. The van der Waals surface area contributed by atoms with E-state index >= 15 is 0 Å². The number of hydrogen-bond donors (Lipinski definition) is 0. The smallest absolute Gasteiger partial charge is 0.0230 e. The second-order valence-electron chi connectivity index (χ2n) is 5.06. The minimum absolute atomic E-state index is 0.809. The van der Waals surface area contributed by atoms with Crippen molar-refractivity contribution in [3.63, 3.8) is 0 Å². The average Bonchev–Trinajstić information content (AvgIpc) is 2.33. The third-order valence-electron chi connectivity index (χ3n) is 3.87. The Morgan fingerprint density at radius 2 is 1.00 bits per heavy atom. The standard InChI is InChI=1S/C16H18/c1-2-14-4-3-13(1)9-10-15-5-7-16(8-6-15)12-11-14/h1-4,9-12,15-16H,5-8H2/b10-9-,12-11-. The number of rotatable bonds is 0. The van der Waals surface area contributed by atoms with E-state index in [9.17, 15) is 0 Å². The molecular weight excluding hydrogens is 192 g/mol. The normalized spacial score (nSPS) is 31.8. The molecule has 5 aliphatic carbocycles. The SMILES string of the molecule is C1=C\C2CCC(/C=C\c3ccc/1cc3)CC2. The molecule has 1 saturated carbocycles. The topological polar surface area (TPSA) is 0 Å². The molecule has 1 aromatic rings. The van der Waals surface area contributed by atoms with E-state index in [4.69, 9.17) is 0 Å². The molecule has 16 heavy (non-hydrogen) atoms. The minimum Gasteiger partial charge on any atom is -0.0808 e. The van der Waals surface area contributed by atoms with Crippen molar-refractivity contribution in [1.82, 2.24) is 0 Å². The van der Waals surface area contributed by atoms with Gasteiger partial charge in [-0.05, 0) is 48.6 Å². The molecule has 0 N–H and O–H groups in total. The van der Waals surface area contributed by atoms with Gasteiger partial charge in [-0.25, -0.2) is 0 Å². The molecule has 0 heteroatoms. The predicted molar refractivity (Wildman–Crippen MR) is 70.0 cm³/mol. The first-order valence-electron chi connectivity index (χ1n) is 6.37. The highest BCUT2D eigenvalue weighted by molar-refractivity contribution is 5.56. The molecule has 4 bridgehead atoms. The van der Waals surface area contributed by atoms with E-state index in [1.54, 1.807) is 0 Å². The molecule has 0 saturated heterocycles.